The largest absolute Gasteiger partial charge is 0.454 e. The molecular formula is C15H20BrN3O. The Morgan fingerprint density at radius 3 is 2.80 bits per heavy atom. The van der Waals surface area contributed by atoms with Gasteiger partial charge in [0.05, 0.1) is 12.4 Å². The van der Waals surface area contributed by atoms with Crippen molar-refractivity contribution in [3.05, 3.63) is 40.6 Å². The third kappa shape index (κ3) is 4.08. The second-order valence-corrected chi connectivity index (χ2v) is 5.42. The molecular weight excluding hydrogens is 318 g/mol. The van der Waals surface area contributed by atoms with E-state index >= 15 is 0 Å². The highest BCUT2D eigenvalue weighted by molar-refractivity contribution is 9.10. The van der Waals surface area contributed by atoms with Crippen LogP contribution in [0.25, 0.3) is 0 Å². The van der Waals surface area contributed by atoms with E-state index in [1.807, 2.05) is 29.9 Å². The monoisotopic (exact) mass is 337 g/mol. The molecule has 0 bridgehead atoms. The number of benzene rings is 1. The van der Waals surface area contributed by atoms with Crippen molar-refractivity contribution < 1.29 is 4.74 Å². The van der Waals surface area contributed by atoms with Crippen molar-refractivity contribution in [2.24, 2.45) is 0 Å². The Labute approximate surface area is 128 Å². The van der Waals surface area contributed by atoms with E-state index in [0.717, 1.165) is 42.0 Å². The number of rotatable bonds is 7. The van der Waals surface area contributed by atoms with Gasteiger partial charge in [-0.1, -0.05) is 28.9 Å². The average molecular weight is 338 g/mol. The van der Waals surface area contributed by atoms with Gasteiger partial charge in [0.25, 0.3) is 0 Å². The van der Waals surface area contributed by atoms with Crippen molar-refractivity contribution in [2.45, 2.75) is 33.4 Å². The van der Waals surface area contributed by atoms with Crippen LogP contribution in [0.5, 0.6) is 11.5 Å². The first kappa shape index (κ1) is 15.1. The molecule has 0 aliphatic heterocycles. The Morgan fingerprint density at radius 1 is 1.30 bits per heavy atom. The molecule has 20 heavy (non-hydrogen) atoms. The Balaban J connectivity index is 2.01. The number of halogens is 1. The quantitative estimate of drug-likeness (QED) is 0.777. The van der Waals surface area contributed by atoms with Gasteiger partial charge in [-0.3, -0.25) is 4.68 Å². The van der Waals surface area contributed by atoms with Crippen LogP contribution >= 0.6 is 15.9 Å². The summed E-state index contributed by atoms with van der Waals surface area (Å²) in [5.41, 5.74) is 1.23. The Kier molecular flexibility index (Phi) is 5.61. The summed E-state index contributed by atoms with van der Waals surface area (Å²) >= 11 is 3.59. The average Bonchev–Trinajstić information content (AvgIpc) is 2.89. The van der Waals surface area contributed by atoms with Crippen molar-refractivity contribution in [3.63, 3.8) is 0 Å². The van der Waals surface area contributed by atoms with Gasteiger partial charge in [-0.15, -0.1) is 0 Å². The van der Waals surface area contributed by atoms with Gasteiger partial charge >= 0.3 is 0 Å². The van der Waals surface area contributed by atoms with E-state index in [-0.39, 0.29) is 0 Å². The molecule has 0 amide bonds. The molecule has 1 heterocycles. The van der Waals surface area contributed by atoms with Crippen molar-refractivity contribution >= 4 is 15.9 Å². The van der Waals surface area contributed by atoms with Crippen LogP contribution in [0.15, 0.2) is 35.1 Å². The first-order valence-electron chi connectivity index (χ1n) is 6.92. The topological polar surface area (TPSA) is 39.1 Å². The number of hydrogen-bond acceptors (Lipinski definition) is 3. The molecule has 0 radical (unpaired) electrons. The van der Waals surface area contributed by atoms with E-state index < -0.39 is 0 Å². The van der Waals surface area contributed by atoms with Gasteiger partial charge in [-0.2, -0.15) is 5.10 Å². The molecule has 0 aliphatic carbocycles. The maximum Gasteiger partial charge on any atom is 0.165 e. The fourth-order valence-corrected chi connectivity index (χ4v) is 2.34. The normalized spacial score (nSPS) is 10.8. The summed E-state index contributed by atoms with van der Waals surface area (Å²) in [6, 6.07) is 6.05. The molecule has 1 aromatic carbocycles. The molecule has 0 aliphatic rings. The molecule has 5 heteroatoms. The second-order valence-electron chi connectivity index (χ2n) is 4.56. The summed E-state index contributed by atoms with van der Waals surface area (Å²) in [6.45, 7) is 6.94. The Hall–Kier alpha value is -1.33. The van der Waals surface area contributed by atoms with Crippen LogP contribution in [0, 0.1) is 0 Å². The number of nitrogens with one attached hydrogen (secondary N) is 1. The standard InChI is InChI=1S/C15H20BrN3O/c1-3-7-17-9-12-5-6-13(8-15(12)16)20-14-10-18-19(4-2)11-14/h5-6,8,10-11,17H,3-4,7,9H2,1-2H3. The lowest BCUT2D eigenvalue weighted by Crippen LogP contribution is -2.14. The first-order valence-corrected chi connectivity index (χ1v) is 7.71. The number of aryl methyl sites for hydroxylation is 1. The predicted molar refractivity (Wildman–Crippen MR) is 84.1 cm³/mol. The zero-order valence-corrected chi connectivity index (χ0v) is 13.5. The molecule has 108 valence electrons. The summed E-state index contributed by atoms with van der Waals surface area (Å²) in [4.78, 5) is 0. The Bertz CT molecular complexity index is 554. The molecule has 1 N–H and O–H groups in total. The van der Waals surface area contributed by atoms with Crippen LogP contribution in [0.2, 0.25) is 0 Å². The van der Waals surface area contributed by atoms with Crippen LogP contribution in [0.4, 0.5) is 0 Å². The third-order valence-corrected chi connectivity index (χ3v) is 3.67. The fraction of sp³-hybridized carbons (Fsp3) is 0.400. The summed E-state index contributed by atoms with van der Waals surface area (Å²) in [6.07, 6.45) is 4.76. The summed E-state index contributed by atoms with van der Waals surface area (Å²) < 4.78 is 8.69. The van der Waals surface area contributed by atoms with E-state index in [1.165, 1.54) is 5.56 Å². The molecule has 0 fully saturated rings. The van der Waals surface area contributed by atoms with Crippen LogP contribution in [0.1, 0.15) is 25.8 Å². The highest BCUT2D eigenvalue weighted by atomic mass is 79.9. The summed E-state index contributed by atoms with van der Waals surface area (Å²) in [7, 11) is 0. The third-order valence-electron chi connectivity index (χ3n) is 2.94. The second kappa shape index (κ2) is 7.45. The molecule has 0 saturated carbocycles. The molecule has 0 atom stereocenters. The van der Waals surface area contributed by atoms with Crippen molar-refractivity contribution in [2.75, 3.05) is 6.54 Å². The van der Waals surface area contributed by atoms with Crippen LogP contribution in [-0.2, 0) is 13.1 Å². The number of aromatic nitrogens is 2. The lowest BCUT2D eigenvalue weighted by Gasteiger charge is -2.08. The van der Waals surface area contributed by atoms with Crippen molar-refractivity contribution in [1.29, 1.82) is 0 Å². The maximum absolute atomic E-state index is 5.79. The van der Waals surface area contributed by atoms with Gasteiger partial charge < -0.3 is 10.1 Å². The van der Waals surface area contributed by atoms with Gasteiger partial charge in [0, 0.05) is 17.6 Å². The zero-order valence-electron chi connectivity index (χ0n) is 11.9. The fourth-order valence-electron chi connectivity index (χ4n) is 1.84. The minimum absolute atomic E-state index is 0.760. The molecule has 4 nitrogen and oxygen atoms in total. The molecule has 0 unspecified atom stereocenters. The maximum atomic E-state index is 5.79. The molecule has 2 rings (SSSR count). The van der Waals surface area contributed by atoms with Gasteiger partial charge in [-0.25, -0.2) is 0 Å². The lowest BCUT2D eigenvalue weighted by atomic mass is 10.2. The minimum Gasteiger partial charge on any atom is -0.454 e. The van der Waals surface area contributed by atoms with Crippen molar-refractivity contribution in [1.82, 2.24) is 15.1 Å². The van der Waals surface area contributed by atoms with Crippen molar-refractivity contribution in [3.8, 4) is 11.5 Å². The van der Waals surface area contributed by atoms with Gasteiger partial charge in [0.2, 0.25) is 0 Å². The first-order chi connectivity index (χ1) is 9.72. The molecule has 2 aromatic rings. The van der Waals surface area contributed by atoms with Crippen LogP contribution in [-0.4, -0.2) is 16.3 Å². The molecule has 0 spiro atoms. The summed E-state index contributed by atoms with van der Waals surface area (Å²) in [5.74, 6) is 1.57. The highest BCUT2D eigenvalue weighted by Crippen LogP contribution is 2.26. The number of hydrogen-bond donors (Lipinski definition) is 1. The van der Waals surface area contributed by atoms with Crippen LogP contribution < -0.4 is 10.1 Å². The van der Waals surface area contributed by atoms with E-state index in [4.69, 9.17) is 4.74 Å². The molecule has 0 saturated heterocycles. The van der Waals surface area contributed by atoms with E-state index in [0.29, 0.717) is 0 Å². The number of nitrogens with zero attached hydrogens (tertiary/aromatic N) is 2. The SMILES string of the molecule is CCCNCc1ccc(Oc2cnn(CC)c2)cc1Br. The Morgan fingerprint density at radius 2 is 2.15 bits per heavy atom. The van der Waals surface area contributed by atoms with E-state index in [1.54, 1.807) is 6.20 Å². The smallest absolute Gasteiger partial charge is 0.165 e. The highest BCUT2D eigenvalue weighted by Gasteiger charge is 2.04. The van der Waals surface area contributed by atoms with E-state index in [2.05, 4.69) is 39.3 Å². The van der Waals surface area contributed by atoms with Crippen LogP contribution in [0.3, 0.4) is 0 Å². The lowest BCUT2D eigenvalue weighted by molar-refractivity contribution is 0.480. The molecule has 1 aromatic heterocycles. The van der Waals surface area contributed by atoms with E-state index in [9.17, 15) is 0 Å². The van der Waals surface area contributed by atoms with Gasteiger partial charge in [0.1, 0.15) is 5.75 Å². The predicted octanol–water partition coefficient (Wildman–Crippen LogP) is 3.96. The van der Waals surface area contributed by atoms with Gasteiger partial charge in [-0.05, 0) is 37.6 Å². The number of ether oxygens (including phenoxy) is 1. The zero-order chi connectivity index (χ0) is 14.4. The summed E-state index contributed by atoms with van der Waals surface area (Å²) in [5, 5.41) is 7.58. The minimum atomic E-state index is 0.760. The van der Waals surface area contributed by atoms with Gasteiger partial charge in [0.15, 0.2) is 5.75 Å².